The first-order chi connectivity index (χ1) is 18.7. The lowest BCUT2D eigenvalue weighted by Crippen LogP contribution is -2.54. The quantitative estimate of drug-likeness (QED) is 0.314. The molecule has 5 amide bonds. The van der Waals surface area contributed by atoms with Crippen molar-refractivity contribution in [3.63, 3.8) is 0 Å². The van der Waals surface area contributed by atoms with E-state index in [4.69, 9.17) is 9.47 Å². The van der Waals surface area contributed by atoms with E-state index in [1.165, 1.54) is 20.1 Å². The molecule has 39 heavy (non-hydrogen) atoms. The van der Waals surface area contributed by atoms with Gasteiger partial charge in [0, 0.05) is 18.2 Å². The fraction of sp³-hybridized carbons (Fsp3) is 0.200. The molecule has 9 nitrogen and oxygen atoms in total. The van der Waals surface area contributed by atoms with Gasteiger partial charge in [-0.1, -0.05) is 32.0 Å². The molecular weight excluding hydrogens is 498 g/mol. The van der Waals surface area contributed by atoms with Crippen LogP contribution in [0.15, 0.2) is 72.3 Å². The molecule has 0 aliphatic carbocycles. The molecule has 0 aromatic heterocycles. The topological polar surface area (TPSA) is 114 Å². The molecule has 1 fully saturated rings. The van der Waals surface area contributed by atoms with Gasteiger partial charge in [-0.25, -0.2) is 9.69 Å². The number of ether oxygens (including phenoxy) is 2. The molecule has 1 heterocycles. The van der Waals surface area contributed by atoms with Gasteiger partial charge in [0.1, 0.15) is 23.7 Å². The van der Waals surface area contributed by atoms with Crippen LogP contribution in [-0.2, 0) is 21.0 Å². The van der Waals surface area contributed by atoms with Crippen LogP contribution in [0.4, 0.5) is 16.2 Å². The molecule has 4 rings (SSSR count). The van der Waals surface area contributed by atoms with Crippen LogP contribution >= 0.6 is 0 Å². The number of amides is 5. The summed E-state index contributed by atoms with van der Waals surface area (Å²) < 4.78 is 11.3. The Labute approximate surface area is 226 Å². The average molecular weight is 528 g/mol. The van der Waals surface area contributed by atoms with Crippen molar-refractivity contribution in [3.05, 3.63) is 89.0 Å². The summed E-state index contributed by atoms with van der Waals surface area (Å²) in [7, 11) is 1.53. The van der Waals surface area contributed by atoms with Gasteiger partial charge in [-0.15, -0.1) is 0 Å². The van der Waals surface area contributed by atoms with E-state index in [2.05, 4.69) is 10.6 Å². The number of methoxy groups -OCH3 is 1. The van der Waals surface area contributed by atoms with Gasteiger partial charge in [-0.05, 0) is 71.7 Å². The van der Waals surface area contributed by atoms with Crippen LogP contribution in [0.25, 0.3) is 6.08 Å². The standard InChI is InChI=1S/C30H29N3O6/c1-18(2)21-6-10-24(11-7-21)33-29(36)26(28(35)32-30(33)37)16-20-5-14-27(38-4)22(15-20)17-39-25-12-8-23(9-13-25)31-19(3)34/h5-16,18H,17H2,1-4H3,(H,31,34)(H,32,35,37). The Kier molecular flexibility index (Phi) is 8.10. The molecule has 0 unspecified atom stereocenters. The Balaban J connectivity index is 1.56. The molecule has 0 spiro atoms. The maximum Gasteiger partial charge on any atom is 0.335 e. The van der Waals surface area contributed by atoms with Crippen molar-refractivity contribution in [2.45, 2.75) is 33.3 Å². The normalized spacial score (nSPS) is 14.4. The predicted molar refractivity (Wildman–Crippen MR) is 148 cm³/mol. The van der Waals surface area contributed by atoms with Crippen LogP contribution in [0.3, 0.4) is 0 Å². The molecule has 9 heteroatoms. The van der Waals surface area contributed by atoms with Crippen molar-refractivity contribution in [3.8, 4) is 11.5 Å². The maximum absolute atomic E-state index is 13.3. The van der Waals surface area contributed by atoms with Gasteiger partial charge >= 0.3 is 6.03 Å². The molecule has 1 saturated heterocycles. The molecule has 0 radical (unpaired) electrons. The lowest BCUT2D eigenvalue weighted by Gasteiger charge is -2.26. The lowest BCUT2D eigenvalue weighted by atomic mass is 10.0. The summed E-state index contributed by atoms with van der Waals surface area (Å²) in [6, 6.07) is 18.4. The Morgan fingerprint density at radius 3 is 2.31 bits per heavy atom. The van der Waals surface area contributed by atoms with Crippen LogP contribution in [0.5, 0.6) is 11.5 Å². The minimum absolute atomic E-state index is 0.145. The summed E-state index contributed by atoms with van der Waals surface area (Å²) >= 11 is 0. The molecule has 0 bridgehead atoms. The number of carbonyl (C=O) groups is 4. The zero-order chi connectivity index (χ0) is 28.1. The Morgan fingerprint density at radius 2 is 1.69 bits per heavy atom. The van der Waals surface area contributed by atoms with E-state index in [9.17, 15) is 19.2 Å². The highest BCUT2D eigenvalue weighted by molar-refractivity contribution is 6.39. The van der Waals surface area contributed by atoms with E-state index in [0.29, 0.717) is 39.9 Å². The highest BCUT2D eigenvalue weighted by Gasteiger charge is 2.36. The van der Waals surface area contributed by atoms with Gasteiger partial charge in [-0.3, -0.25) is 19.7 Å². The minimum Gasteiger partial charge on any atom is -0.496 e. The van der Waals surface area contributed by atoms with Gasteiger partial charge in [-0.2, -0.15) is 0 Å². The van der Waals surface area contributed by atoms with Crippen LogP contribution < -0.4 is 25.0 Å². The van der Waals surface area contributed by atoms with Gasteiger partial charge in [0.15, 0.2) is 0 Å². The Morgan fingerprint density at radius 1 is 1.00 bits per heavy atom. The summed E-state index contributed by atoms with van der Waals surface area (Å²) in [5.74, 6) is -0.218. The number of benzene rings is 3. The third-order valence-corrected chi connectivity index (χ3v) is 6.10. The third kappa shape index (κ3) is 6.32. The average Bonchev–Trinajstić information content (AvgIpc) is 2.90. The van der Waals surface area contributed by atoms with Gasteiger partial charge < -0.3 is 14.8 Å². The first-order valence-corrected chi connectivity index (χ1v) is 12.3. The molecule has 200 valence electrons. The number of carbonyl (C=O) groups excluding carboxylic acids is 4. The molecule has 0 saturated carbocycles. The zero-order valence-electron chi connectivity index (χ0n) is 22.1. The summed E-state index contributed by atoms with van der Waals surface area (Å²) in [5.41, 5.74) is 3.14. The van der Waals surface area contributed by atoms with Crippen LogP contribution in [0.1, 0.15) is 43.4 Å². The predicted octanol–water partition coefficient (Wildman–Crippen LogP) is 5.02. The second kappa shape index (κ2) is 11.6. The summed E-state index contributed by atoms with van der Waals surface area (Å²) in [6.45, 7) is 5.67. The molecule has 1 aliphatic heterocycles. The molecule has 3 aromatic rings. The summed E-state index contributed by atoms with van der Waals surface area (Å²) in [6.07, 6.45) is 1.44. The fourth-order valence-electron chi connectivity index (χ4n) is 4.07. The van der Waals surface area contributed by atoms with Crippen molar-refractivity contribution in [1.82, 2.24) is 5.32 Å². The smallest absolute Gasteiger partial charge is 0.335 e. The lowest BCUT2D eigenvalue weighted by molar-refractivity contribution is -0.122. The van der Waals surface area contributed by atoms with Crippen molar-refractivity contribution in [2.75, 3.05) is 17.3 Å². The number of urea groups is 1. The number of nitrogens with one attached hydrogen (secondary N) is 2. The molecule has 2 N–H and O–H groups in total. The number of imide groups is 2. The van der Waals surface area contributed by atoms with Crippen molar-refractivity contribution in [2.24, 2.45) is 0 Å². The second-order valence-electron chi connectivity index (χ2n) is 9.27. The van der Waals surface area contributed by atoms with E-state index >= 15 is 0 Å². The van der Waals surface area contributed by atoms with Gasteiger partial charge in [0.25, 0.3) is 11.8 Å². The summed E-state index contributed by atoms with van der Waals surface area (Å²) in [5, 5.41) is 4.94. The number of hydrogen-bond acceptors (Lipinski definition) is 6. The summed E-state index contributed by atoms with van der Waals surface area (Å²) in [4.78, 5) is 50.6. The van der Waals surface area contributed by atoms with Crippen molar-refractivity contribution < 1.29 is 28.7 Å². The number of barbiturate groups is 1. The molecule has 0 atom stereocenters. The largest absolute Gasteiger partial charge is 0.496 e. The maximum atomic E-state index is 13.3. The van der Waals surface area contributed by atoms with Crippen LogP contribution in [0.2, 0.25) is 0 Å². The first kappa shape index (κ1) is 27.1. The molecule has 3 aromatic carbocycles. The monoisotopic (exact) mass is 527 g/mol. The van der Waals surface area contributed by atoms with Crippen molar-refractivity contribution in [1.29, 1.82) is 0 Å². The van der Waals surface area contributed by atoms with Crippen LogP contribution in [0, 0.1) is 0 Å². The van der Waals surface area contributed by atoms with Crippen LogP contribution in [-0.4, -0.2) is 30.9 Å². The molecular formula is C30H29N3O6. The van der Waals surface area contributed by atoms with E-state index in [-0.39, 0.29) is 18.1 Å². The second-order valence-corrected chi connectivity index (χ2v) is 9.27. The Bertz CT molecular complexity index is 1440. The first-order valence-electron chi connectivity index (χ1n) is 12.3. The Hall–Kier alpha value is -4.92. The minimum atomic E-state index is -0.798. The highest BCUT2D eigenvalue weighted by atomic mass is 16.5. The number of hydrogen-bond donors (Lipinski definition) is 2. The van der Waals surface area contributed by atoms with E-state index in [1.807, 2.05) is 26.0 Å². The van der Waals surface area contributed by atoms with Gasteiger partial charge in [0.05, 0.1) is 12.8 Å². The fourth-order valence-corrected chi connectivity index (χ4v) is 4.07. The molecule has 1 aliphatic rings. The zero-order valence-corrected chi connectivity index (χ0v) is 22.1. The highest BCUT2D eigenvalue weighted by Crippen LogP contribution is 2.27. The van der Waals surface area contributed by atoms with E-state index in [0.717, 1.165) is 10.5 Å². The van der Waals surface area contributed by atoms with Gasteiger partial charge in [0.2, 0.25) is 5.91 Å². The number of rotatable bonds is 8. The van der Waals surface area contributed by atoms with Crippen molar-refractivity contribution >= 4 is 41.2 Å². The number of nitrogens with zero attached hydrogens (tertiary/aromatic N) is 1. The van der Waals surface area contributed by atoms with E-state index in [1.54, 1.807) is 54.6 Å². The SMILES string of the molecule is COc1ccc(C=C2C(=O)NC(=O)N(c3ccc(C(C)C)cc3)C2=O)cc1COc1ccc(NC(C)=O)cc1. The van der Waals surface area contributed by atoms with E-state index < -0.39 is 17.8 Å². The third-order valence-electron chi connectivity index (χ3n) is 6.10. The number of anilines is 2.